The van der Waals surface area contributed by atoms with E-state index in [1.165, 1.54) is 6.92 Å². The van der Waals surface area contributed by atoms with Crippen molar-refractivity contribution in [3.05, 3.63) is 35.9 Å². The molecule has 6 amide bonds. The molecule has 4 atom stereocenters. The monoisotopic (exact) mass is 620 g/mol. The highest BCUT2D eigenvalue weighted by Gasteiger charge is 2.30. The first-order valence-electron chi connectivity index (χ1n) is 14.8. The van der Waals surface area contributed by atoms with Gasteiger partial charge in [0.25, 0.3) is 5.91 Å². The van der Waals surface area contributed by atoms with Crippen LogP contribution in [0.3, 0.4) is 0 Å². The quantitative estimate of drug-likeness (QED) is 0.0740. The van der Waals surface area contributed by atoms with Crippen molar-refractivity contribution in [3.8, 4) is 0 Å². The van der Waals surface area contributed by atoms with Gasteiger partial charge in [0.1, 0.15) is 24.2 Å². The SMILES string of the molecule is CC(C)C[C@H](NC(=O)[C@H](C)NC(=O)CNC(=O)c1ccccc1)C(=O)N[C@@H](CCCC[N+](C)(C)C)C(=O)N[C@@H](CO)C(N)=O. The number of unbranched alkanes of at least 4 members (excludes halogenated alkanes) is 1. The first kappa shape index (κ1) is 38.0. The number of carbonyl (C=O) groups is 6. The molecule has 0 aromatic heterocycles. The van der Waals surface area contributed by atoms with Crippen LogP contribution in [0.2, 0.25) is 0 Å². The van der Waals surface area contributed by atoms with E-state index in [0.717, 1.165) is 13.0 Å². The Bertz CT molecular complexity index is 1120. The van der Waals surface area contributed by atoms with E-state index in [9.17, 15) is 33.9 Å². The zero-order valence-electron chi connectivity index (χ0n) is 26.6. The summed E-state index contributed by atoms with van der Waals surface area (Å²) < 4.78 is 0.716. The zero-order valence-corrected chi connectivity index (χ0v) is 26.6. The second-order valence-corrected chi connectivity index (χ2v) is 12.2. The van der Waals surface area contributed by atoms with Crippen molar-refractivity contribution in [2.24, 2.45) is 11.7 Å². The predicted octanol–water partition coefficient (Wildman–Crippen LogP) is -1.22. The summed E-state index contributed by atoms with van der Waals surface area (Å²) in [5, 5.41) is 22.1. The molecule has 0 spiro atoms. The van der Waals surface area contributed by atoms with E-state index in [4.69, 9.17) is 5.73 Å². The van der Waals surface area contributed by atoms with E-state index in [-0.39, 0.29) is 25.3 Å². The summed E-state index contributed by atoms with van der Waals surface area (Å²) in [4.78, 5) is 75.5. The van der Waals surface area contributed by atoms with Crippen molar-refractivity contribution in [2.45, 2.75) is 70.6 Å². The van der Waals surface area contributed by atoms with Gasteiger partial charge in [0.15, 0.2) is 0 Å². The normalized spacial score (nSPS) is 14.0. The molecule has 0 saturated carbocycles. The Morgan fingerprint density at radius 2 is 1.36 bits per heavy atom. The molecule has 0 aliphatic carbocycles. The van der Waals surface area contributed by atoms with Gasteiger partial charge in [-0.2, -0.15) is 0 Å². The van der Waals surface area contributed by atoms with Crippen molar-refractivity contribution >= 4 is 35.4 Å². The maximum absolute atomic E-state index is 13.4. The molecule has 0 aliphatic heterocycles. The number of nitrogens with two attached hydrogens (primary N) is 1. The number of rotatable bonds is 19. The Hall–Kier alpha value is -4.04. The summed E-state index contributed by atoms with van der Waals surface area (Å²) in [6.07, 6.45) is 1.83. The number of nitrogens with zero attached hydrogens (tertiary/aromatic N) is 1. The fourth-order valence-corrected chi connectivity index (χ4v) is 4.16. The van der Waals surface area contributed by atoms with Crippen LogP contribution in [0.1, 0.15) is 56.8 Å². The van der Waals surface area contributed by atoms with Crippen LogP contribution in [0.15, 0.2) is 30.3 Å². The minimum Gasteiger partial charge on any atom is -0.394 e. The molecule has 1 rings (SSSR count). The Labute approximate surface area is 259 Å². The van der Waals surface area contributed by atoms with Crippen molar-refractivity contribution < 1.29 is 38.4 Å². The molecular formula is C30H50N7O7+. The maximum Gasteiger partial charge on any atom is 0.251 e. The van der Waals surface area contributed by atoms with Crippen LogP contribution in [-0.2, 0) is 24.0 Å². The third-order valence-electron chi connectivity index (χ3n) is 6.60. The van der Waals surface area contributed by atoms with Gasteiger partial charge in [-0.25, -0.2) is 0 Å². The summed E-state index contributed by atoms with van der Waals surface area (Å²) in [5.41, 5.74) is 5.63. The lowest BCUT2D eigenvalue weighted by molar-refractivity contribution is -0.870. The average Bonchev–Trinajstić information content (AvgIpc) is 2.94. The van der Waals surface area contributed by atoms with Gasteiger partial charge >= 0.3 is 0 Å². The number of hydrogen-bond acceptors (Lipinski definition) is 7. The summed E-state index contributed by atoms with van der Waals surface area (Å²) in [6.45, 7) is 4.94. The number of aliphatic hydroxyl groups is 1. The Balaban J connectivity index is 2.88. The van der Waals surface area contributed by atoms with Gasteiger partial charge < -0.3 is 41.9 Å². The molecule has 1 aromatic carbocycles. The highest BCUT2D eigenvalue weighted by Crippen LogP contribution is 2.09. The van der Waals surface area contributed by atoms with Gasteiger partial charge in [-0.3, -0.25) is 28.8 Å². The Kier molecular flexibility index (Phi) is 16.0. The fraction of sp³-hybridized carbons (Fsp3) is 0.600. The number of nitrogens with one attached hydrogen (secondary N) is 5. The van der Waals surface area contributed by atoms with Crippen LogP contribution in [0, 0.1) is 5.92 Å². The minimum atomic E-state index is -1.32. The van der Waals surface area contributed by atoms with Gasteiger partial charge in [-0.15, -0.1) is 0 Å². The first-order chi connectivity index (χ1) is 20.5. The molecule has 0 heterocycles. The van der Waals surface area contributed by atoms with Gasteiger partial charge in [-0.1, -0.05) is 32.0 Å². The minimum absolute atomic E-state index is 0.0189. The van der Waals surface area contributed by atoms with Crippen LogP contribution in [0.25, 0.3) is 0 Å². The summed E-state index contributed by atoms with van der Waals surface area (Å²) in [7, 11) is 6.11. The Morgan fingerprint density at radius 3 is 1.91 bits per heavy atom. The molecule has 0 aliphatic rings. The molecule has 0 unspecified atom stereocenters. The lowest BCUT2D eigenvalue weighted by Crippen LogP contribution is -2.58. The number of quaternary nitrogens is 1. The van der Waals surface area contributed by atoms with Crippen molar-refractivity contribution in [2.75, 3.05) is 40.8 Å². The van der Waals surface area contributed by atoms with E-state index >= 15 is 0 Å². The van der Waals surface area contributed by atoms with E-state index < -0.39 is 66.2 Å². The van der Waals surface area contributed by atoms with E-state index in [1.807, 2.05) is 35.0 Å². The third-order valence-corrected chi connectivity index (χ3v) is 6.60. The number of benzene rings is 1. The smallest absolute Gasteiger partial charge is 0.251 e. The molecule has 14 nitrogen and oxygen atoms in total. The number of amides is 6. The topological polar surface area (TPSA) is 209 Å². The first-order valence-corrected chi connectivity index (χ1v) is 14.8. The second kappa shape index (κ2) is 18.6. The molecule has 0 saturated heterocycles. The van der Waals surface area contributed by atoms with Crippen LogP contribution in [0.5, 0.6) is 0 Å². The molecule has 246 valence electrons. The highest BCUT2D eigenvalue weighted by molar-refractivity contribution is 5.98. The van der Waals surface area contributed by atoms with Crippen LogP contribution < -0.4 is 32.3 Å². The highest BCUT2D eigenvalue weighted by atomic mass is 16.3. The van der Waals surface area contributed by atoms with Gasteiger partial charge in [0, 0.05) is 5.56 Å². The van der Waals surface area contributed by atoms with Crippen molar-refractivity contribution in [3.63, 3.8) is 0 Å². The standard InChI is InChI=1S/C30H49N7O7/c1-19(2)16-23(35-27(41)20(3)33-25(39)17-32-28(42)21-12-8-7-9-13-21)30(44)34-22(14-10-11-15-37(4,5)6)29(43)36-24(18-38)26(31)40/h7-9,12-13,19-20,22-24,38H,10-11,14-18H2,1-6H3,(H6-,31,32,33,34,35,36,39,40,41,42,43,44)/p+1/t20-,22-,23-,24-/m0/s1. The summed E-state index contributed by atoms with van der Waals surface area (Å²) >= 11 is 0. The van der Waals surface area contributed by atoms with Gasteiger partial charge in [-0.05, 0) is 50.7 Å². The maximum atomic E-state index is 13.4. The molecule has 0 fully saturated rings. The molecule has 0 bridgehead atoms. The Morgan fingerprint density at radius 1 is 0.795 bits per heavy atom. The predicted molar refractivity (Wildman–Crippen MR) is 165 cm³/mol. The lowest BCUT2D eigenvalue weighted by atomic mass is 10.0. The van der Waals surface area contributed by atoms with Crippen molar-refractivity contribution in [1.29, 1.82) is 0 Å². The molecular weight excluding hydrogens is 570 g/mol. The second-order valence-electron chi connectivity index (χ2n) is 12.2. The number of carbonyl (C=O) groups excluding carboxylic acids is 6. The summed E-state index contributed by atoms with van der Waals surface area (Å²) in [6, 6.07) is 3.91. The molecule has 0 radical (unpaired) electrons. The van der Waals surface area contributed by atoms with E-state index in [0.29, 0.717) is 16.5 Å². The number of primary amides is 1. The van der Waals surface area contributed by atoms with Gasteiger partial charge in [0.2, 0.25) is 29.5 Å². The third kappa shape index (κ3) is 14.9. The molecule has 14 heteroatoms. The van der Waals surface area contributed by atoms with Crippen molar-refractivity contribution in [1.82, 2.24) is 26.6 Å². The molecule has 44 heavy (non-hydrogen) atoms. The zero-order chi connectivity index (χ0) is 33.4. The van der Waals surface area contributed by atoms with Gasteiger partial charge in [0.05, 0.1) is 40.8 Å². The van der Waals surface area contributed by atoms with E-state index in [2.05, 4.69) is 26.6 Å². The molecule has 8 N–H and O–H groups in total. The lowest BCUT2D eigenvalue weighted by Gasteiger charge is -2.27. The average molecular weight is 621 g/mol. The number of hydrogen-bond donors (Lipinski definition) is 7. The van der Waals surface area contributed by atoms with Crippen LogP contribution in [0.4, 0.5) is 0 Å². The number of aliphatic hydroxyl groups excluding tert-OH is 1. The van der Waals surface area contributed by atoms with Crippen LogP contribution >= 0.6 is 0 Å². The van der Waals surface area contributed by atoms with Crippen LogP contribution in [-0.4, -0.2) is 110 Å². The van der Waals surface area contributed by atoms with E-state index in [1.54, 1.807) is 30.3 Å². The largest absolute Gasteiger partial charge is 0.394 e. The fourth-order valence-electron chi connectivity index (χ4n) is 4.16. The summed E-state index contributed by atoms with van der Waals surface area (Å²) in [5.74, 6) is -3.91. The molecule has 1 aromatic rings.